The predicted molar refractivity (Wildman–Crippen MR) is 125 cm³/mol. The van der Waals surface area contributed by atoms with Gasteiger partial charge in [0.15, 0.2) is 0 Å². The number of nitrogens with zero attached hydrogens (tertiary/aromatic N) is 1. The van der Waals surface area contributed by atoms with Crippen LogP contribution in [0.3, 0.4) is 0 Å². The van der Waals surface area contributed by atoms with E-state index in [-0.39, 0.29) is 11.4 Å². The van der Waals surface area contributed by atoms with Gasteiger partial charge in [0.2, 0.25) is 17.4 Å². The third kappa shape index (κ3) is 3.36. The Morgan fingerprint density at radius 3 is 2.41 bits per heavy atom. The highest BCUT2D eigenvalue weighted by atomic mass is 19.4. The maximum atomic E-state index is 13.9. The molecule has 3 aliphatic heterocycles. The summed E-state index contributed by atoms with van der Waals surface area (Å²) in [5.74, 6) is -3.77. The third-order valence-corrected chi connectivity index (χ3v) is 7.62. The lowest BCUT2D eigenvalue weighted by Crippen LogP contribution is -2.99. The van der Waals surface area contributed by atoms with E-state index < -0.39 is 52.9 Å². The molecule has 37 heavy (non-hydrogen) atoms. The Labute approximate surface area is 208 Å². The van der Waals surface area contributed by atoms with Crippen molar-refractivity contribution in [3.8, 4) is 5.75 Å². The molecule has 0 aromatic heterocycles. The van der Waals surface area contributed by atoms with Crippen molar-refractivity contribution in [3.05, 3.63) is 89.5 Å². The minimum Gasteiger partial charge on any atom is -0.508 e. The van der Waals surface area contributed by atoms with E-state index in [2.05, 4.69) is 5.32 Å². The second-order valence-electron chi connectivity index (χ2n) is 9.63. The van der Waals surface area contributed by atoms with Crippen molar-refractivity contribution in [2.45, 2.75) is 24.2 Å². The van der Waals surface area contributed by atoms with Crippen molar-refractivity contribution >= 4 is 29.1 Å². The summed E-state index contributed by atoms with van der Waals surface area (Å²) in [4.78, 5) is 42.0. The molecule has 188 valence electrons. The van der Waals surface area contributed by atoms with Gasteiger partial charge in [-0.15, -0.1) is 0 Å². The van der Waals surface area contributed by atoms with Crippen molar-refractivity contribution < 1.29 is 38.0 Å². The molecule has 3 aromatic rings. The van der Waals surface area contributed by atoms with E-state index in [0.717, 1.165) is 28.7 Å². The summed E-state index contributed by atoms with van der Waals surface area (Å²) >= 11 is 0. The molecule has 1 spiro atoms. The van der Waals surface area contributed by atoms with E-state index in [1.807, 2.05) is 0 Å². The fourth-order valence-electron chi connectivity index (χ4n) is 6.09. The topological polar surface area (TPSA) is 103 Å². The molecule has 2 saturated heterocycles. The summed E-state index contributed by atoms with van der Waals surface area (Å²) in [6.07, 6.45) is -4.35. The monoisotopic (exact) mass is 508 g/mol. The van der Waals surface area contributed by atoms with Gasteiger partial charge in [0, 0.05) is 12.0 Å². The molecule has 3 amide bonds. The zero-order chi connectivity index (χ0) is 26.1. The SMILES string of the molecule is O=C1[C@@H]2[C@H](Cc3ccc(O)cc3)[NH2+][C@]3(C(=O)Nc4ccccc43)[C@@H]2C(=O)N1c1cccc(C(F)(F)F)c1. The highest BCUT2D eigenvalue weighted by molar-refractivity contribution is 6.25. The van der Waals surface area contributed by atoms with Gasteiger partial charge in [-0.25, -0.2) is 4.90 Å². The van der Waals surface area contributed by atoms with Crippen molar-refractivity contribution in [1.29, 1.82) is 0 Å². The number of nitrogens with one attached hydrogen (secondary N) is 1. The third-order valence-electron chi connectivity index (χ3n) is 7.62. The van der Waals surface area contributed by atoms with Crippen LogP contribution in [0.4, 0.5) is 24.5 Å². The van der Waals surface area contributed by atoms with E-state index >= 15 is 0 Å². The molecule has 0 aliphatic carbocycles. The lowest BCUT2D eigenvalue weighted by atomic mass is 9.76. The lowest BCUT2D eigenvalue weighted by molar-refractivity contribution is -0.733. The molecule has 4 atom stereocenters. The predicted octanol–water partition coefficient (Wildman–Crippen LogP) is 2.55. The highest BCUT2D eigenvalue weighted by Gasteiger charge is 2.74. The van der Waals surface area contributed by atoms with Gasteiger partial charge < -0.3 is 15.7 Å². The number of halogens is 3. The molecule has 4 N–H and O–H groups in total. The summed E-state index contributed by atoms with van der Waals surface area (Å²) in [5.41, 5.74) is -0.718. The minimum absolute atomic E-state index is 0.0699. The number of para-hydroxylation sites is 1. The molecule has 3 aliphatic rings. The number of quaternary nitrogens is 1. The average Bonchev–Trinajstić information content (AvgIpc) is 3.44. The summed E-state index contributed by atoms with van der Waals surface area (Å²) < 4.78 is 40.2. The fourth-order valence-corrected chi connectivity index (χ4v) is 6.09. The molecule has 0 saturated carbocycles. The van der Waals surface area contributed by atoms with Crippen LogP contribution in [0.1, 0.15) is 16.7 Å². The van der Waals surface area contributed by atoms with Crippen LogP contribution in [0.15, 0.2) is 72.8 Å². The first-order chi connectivity index (χ1) is 17.6. The summed E-state index contributed by atoms with van der Waals surface area (Å²) in [6, 6.07) is 16.9. The van der Waals surface area contributed by atoms with Crippen molar-refractivity contribution in [2.75, 3.05) is 10.2 Å². The van der Waals surface area contributed by atoms with Crippen molar-refractivity contribution in [2.24, 2.45) is 11.8 Å². The molecule has 3 aromatic carbocycles. The molecule has 0 unspecified atom stereocenters. The first-order valence-corrected chi connectivity index (χ1v) is 11.7. The Morgan fingerprint density at radius 1 is 0.946 bits per heavy atom. The zero-order valence-electron chi connectivity index (χ0n) is 19.2. The quantitative estimate of drug-likeness (QED) is 0.473. The van der Waals surface area contributed by atoms with E-state index in [0.29, 0.717) is 17.7 Å². The molecule has 10 heteroatoms. The van der Waals surface area contributed by atoms with Gasteiger partial charge in [-0.3, -0.25) is 14.4 Å². The number of benzene rings is 3. The normalized spacial score (nSPS) is 26.5. The van der Waals surface area contributed by atoms with Crippen LogP contribution >= 0.6 is 0 Å². The lowest BCUT2D eigenvalue weighted by Gasteiger charge is -2.26. The van der Waals surface area contributed by atoms with Crippen LogP contribution in [-0.4, -0.2) is 28.9 Å². The fraction of sp³-hybridized carbons (Fsp3) is 0.222. The summed E-state index contributed by atoms with van der Waals surface area (Å²) in [5, 5.41) is 14.2. The molecular formula is C27H21F3N3O4+. The van der Waals surface area contributed by atoms with E-state index in [4.69, 9.17) is 0 Å². The summed E-state index contributed by atoms with van der Waals surface area (Å²) in [6.45, 7) is 0. The maximum absolute atomic E-state index is 13.9. The van der Waals surface area contributed by atoms with Gasteiger partial charge in [-0.2, -0.15) is 13.2 Å². The van der Waals surface area contributed by atoms with Crippen LogP contribution < -0.4 is 15.5 Å². The number of anilines is 2. The Hall–Kier alpha value is -4.18. The second kappa shape index (κ2) is 7.91. The molecule has 6 rings (SSSR count). The number of hydrogen-bond donors (Lipinski definition) is 3. The number of hydrogen-bond acceptors (Lipinski definition) is 4. The number of rotatable bonds is 3. The van der Waals surface area contributed by atoms with Gasteiger partial charge in [-0.05, 0) is 42.0 Å². The van der Waals surface area contributed by atoms with Crippen LogP contribution in [0, 0.1) is 11.8 Å². The largest absolute Gasteiger partial charge is 0.508 e. The molecular weight excluding hydrogens is 487 g/mol. The van der Waals surface area contributed by atoms with Crippen molar-refractivity contribution in [1.82, 2.24) is 0 Å². The van der Waals surface area contributed by atoms with Crippen LogP contribution in [0.5, 0.6) is 5.75 Å². The number of aromatic hydroxyl groups is 1. The Morgan fingerprint density at radius 2 is 1.68 bits per heavy atom. The van der Waals surface area contributed by atoms with Gasteiger partial charge in [0.25, 0.3) is 5.91 Å². The number of carbonyl (C=O) groups excluding carboxylic acids is 3. The van der Waals surface area contributed by atoms with Crippen LogP contribution in [-0.2, 0) is 32.5 Å². The van der Waals surface area contributed by atoms with Gasteiger partial charge in [0.05, 0.1) is 16.9 Å². The number of alkyl halides is 3. The number of nitrogens with two attached hydrogens (primary N) is 1. The number of phenolic OH excluding ortho intramolecular Hbond substituents is 1. The standard InChI is InChI=1S/C27H20F3N3O4/c28-27(29,30)15-4-3-5-16(13-15)33-23(35)21-20(12-14-8-10-17(34)11-9-14)32-26(22(21)24(33)36)18-6-1-2-7-19(18)31-25(26)37/h1-11,13,20-22,32,34H,12H2,(H,31,37)/p+1/t20-,21+,22-,26-/m0/s1. The Balaban J connectivity index is 1.48. The zero-order valence-corrected chi connectivity index (χ0v) is 19.2. The average molecular weight is 508 g/mol. The number of carbonyl (C=O) groups is 3. The molecule has 7 nitrogen and oxygen atoms in total. The van der Waals surface area contributed by atoms with E-state index in [1.165, 1.54) is 18.2 Å². The Kier molecular flexibility index (Phi) is 4.97. The van der Waals surface area contributed by atoms with Crippen LogP contribution in [0.25, 0.3) is 0 Å². The number of fused-ring (bicyclic) bond motifs is 4. The smallest absolute Gasteiger partial charge is 0.416 e. The maximum Gasteiger partial charge on any atom is 0.416 e. The highest BCUT2D eigenvalue weighted by Crippen LogP contribution is 2.50. The molecule has 2 fully saturated rings. The summed E-state index contributed by atoms with van der Waals surface area (Å²) in [7, 11) is 0. The van der Waals surface area contributed by atoms with Crippen molar-refractivity contribution in [3.63, 3.8) is 0 Å². The van der Waals surface area contributed by atoms with Crippen LogP contribution in [0.2, 0.25) is 0 Å². The molecule has 3 heterocycles. The molecule has 0 radical (unpaired) electrons. The van der Waals surface area contributed by atoms with E-state index in [1.54, 1.807) is 41.7 Å². The molecule has 0 bridgehead atoms. The number of imide groups is 1. The first-order valence-electron chi connectivity index (χ1n) is 11.7. The minimum atomic E-state index is -4.65. The van der Waals surface area contributed by atoms with Gasteiger partial charge >= 0.3 is 6.18 Å². The Bertz CT molecular complexity index is 1460. The second-order valence-corrected chi connectivity index (χ2v) is 9.63. The van der Waals surface area contributed by atoms with Gasteiger partial charge in [0.1, 0.15) is 23.6 Å². The number of phenols is 1. The van der Waals surface area contributed by atoms with Gasteiger partial charge in [-0.1, -0.05) is 36.4 Å². The number of amides is 3. The first kappa shape index (κ1) is 23.2. The van der Waals surface area contributed by atoms with E-state index in [9.17, 15) is 32.7 Å².